The molecule has 0 atom stereocenters. The van der Waals surface area contributed by atoms with Crippen LogP contribution in [0.1, 0.15) is 35.7 Å². The van der Waals surface area contributed by atoms with Crippen LogP contribution in [0.2, 0.25) is 0 Å². The number of benzene rings is 3. The predicted octanol–water partition coefficient (Wildman–Crippen LogP) is 5.06. The van der Waals surface area contributed by atoms with Crippen LogP contribution < -0.4 is 21.9 Å². The van der Waals surface area contributed by atoms with Gasteiger partial charge in [0.15, 0.2) is 11.6 Å². The van der Waals surface area contributed by atoms with Gasteiger partial charge < -0.3 is 11.1 Å². The van der Waals surface area contributed by atoms with Crippen molar-refractivity contribution in [1.29, 1.82) is 0 Å². The number of aromatic nitrogens is 2. The Hall–Kier alpha value is -4.13. The van der Waals surface area contributed by atoms with E-state index >= 15 is 0 Å². The highest BCUT2D eigenvalue weighted by Gasteiger charge is 2.12. The fraction of sp³-hybridized carbons (Fsp3) is 0.160. The Morgan fingerprint density at radius 1 is 0.938 bits per heavy atom. The van der Waals surface area contributed by atoms with Gasteiger partial charge in [-0.25, -0.2) is 9.97 Å². The Balaban J connectivity index is 1.45. The summed E-state index contributed by atoms with van der Waals surface area (Å²) in [6.45, 7) is 2.18. The number of hydrogen-bond donors (Lipinski definition) is 4. The average Bonchev–Trinajstić information content (AvgIpc) is 2.83. The first-order chi connectivity index (χ1) is 15.7. The number of carbonyl (C=O) groups is 1. The lowest BCUT2D eigenvalue weighted by atomic mass is 10.0. The van der Waals surface area contributed by atoms with Crippen LogP contribution in [-0.4, -0.2) is 15.9 Å². The van der Waals surface area contributed by atoms with E-state index in [2.05, 4.69) is 45.2 Å². The van der Waals surface area contributed by atoms with E-state index in [4.69, 9.17) is 5.73 Å². The van der Waals surface area contributed by atoms with Crippen molar-refractivity contribution in [1.82, 2.24) is 15.4 Å². The normalized spacial score (nSPS) is 10.7. The highest BCUT2D eigenvalue weighted by Crippen LogP contribution is 2.26. The minimum Gasteiger partial charge on any atom is -0.393 e. The second kappa shape index (κ2) is 9.78. The third kappa shape index (κ3) is 4.78. The van der Waals surface area contributed by atoms with Crippen molar-refractivity contribution in [2.45, 2.75) is 26.2 Å². The lowest BCUT2D eigenvalue weighted by molar-refractivity contribution is 0.0964. The molecule has 4 aromatic rings. The maximum absolute atomic E-state index is 12.8. The Labute approximate surface area is 187 Å². The molecule has 0 unspecified atom stereocenters. The molecule has 0 aliphatic carbocycles. The van der Waals surface area contributed by atoms with Gasteiger partial charge in [-0.2, -0.15) is 0 Å². The molecule has 1 amide bonds. The maximum atomic E-state index is 12.8. The van der Waals surface area contributed by atoms with Crippen molar-refractivity contribution in [3.8, 4) is 0 Å². The number of unbranched alkanes of at least 4 members (excludes halogenated alkanes) is 1. The first-order valence-electron chi connectivity index (χ1n) is 10.7. The lowest BCUT2D eigenvalue weighted by Gasteiger charge is -2.14. The molecule has 4 rings (SSSR count). The monoisotopic (exact) mass is 426 g/mol. The van der Waals surface area contributed by atoms with Crippen LogP contribution in [0.25, 0.3) is 10.8 Å². The summed E-state index contributed by atoms with van der Waals surface area (Å²) >= 11 is 0. The van der Waals surface area contributed by atoms with E-state index in [0.29, 0.717) is 22.9 Å². The van der Waals surface area contributed by atoms with Crippen LogP contribution in [0.3, 0.4) is 0 Å². The van der Waals surface area contributed by atoms with Crippen LogP contribution >= 0.6 is 0 Å². The van der Waals surface area contributed by atoms with Gasteiger partial charge in [-0.05, 0) is 47.4 Å². The largest absolute Gasteiger partial charge is 0.393 e. The van der Waals surface area contributed by atoms with Gasteiger partial charge in [-0.1, -0.05) is 61.9 Å². The minimum atomic E-state index is -0.281. The predicted molar refractivity (Wildman–Crippen MR) is 130 cm³/mol. The number of nitrogens with two attached hydrogens (primary N) is 1. The Morgan fingerprint density at radius 2 is 1.69 bits per heavy atom. The van der Waals surface area contributed by atoms with Crippen LogP contribution in [0.15, 0.2) is 73.1 Å². The molecule has 1 aromatic heterocycles. The van der Waals surface area contributed by atoms with Crippen molar-refractivity contribution in [3.63, 3.8) is 0 Å². The maximum Gasteiger partial charge on any atom is 0.270 e. The van der Waals surface area contributed by atoms with Gasteiger partial charge in [-0.15, -0.1) is 0 Å². The second-order valence-electron chi connectivity index (χ2n) is 7.52. The zero-order valence-electron chi connectivity index (χ0n) is 17.9. The number of nitrogens with zero attached hydrogens (tertiary/aromatic N) is 2. The number of hydrogen-bond acceptors (Lipinski definition) is 6. The highest BCUT2D eigenvalue weighted by atomic mass is 16.2. The molecule has 5 N–H and O–H groups in total. The zero-order chi connectivity index (χ0) is 22.3. The minimum absolute atomic E-state index is 0.281. The summed E-state index contributed by atoms with van der Waals surface area (Å²) in [7, 11) is 0. The number of nitrogens with one attached hydrogen (secondary N) is 3. The average molecular weight is 427 g/mol. The van der Waals surface area contributed by atoms with Gasteiger partial charge in [-0.3, -0.25) is 15.6 Å². The first-order valence-corrected chi connectivity index (χ1v) is 10.7. The number of anilines is 4. The molecule has 0 saturated carbocycles. The third-order valence-electron chi connectivity index (χ3n) is 5.25. The van der Waals surface area contributed by atoms with Crippen molar-refractivity contribution in [2.75, 3.05) is 16.5 Å². The third-order valence-corrected chi connectivity index (χ3v) is 5.25. The molecular weight excluding hydrogens is 400 g/mol. The van der Waals surface area contributed by atoms with Gasteiger partial charge in [0.25, 0.3) is 5.91 Å². The van der Waals surface area contributed by atoms with E-state index in [9.17, 15) is 4.79 Å². The topological polar surface area (TPSA) is 105 Å². The van der Waals surface area contributed by atoms with Crippen molar-refractivity contribution in [3.05, 3.63) is 84.2 Å². The Bertz CT molecular complexity index is 1220. The molecule has 0 radical (unpaired) electrons. The van der Waals surface area contributed by atoms with Crippen molar-refractivity contribution >= 4 is 39.7 Å². The number of aryl methyl sites for hydroxylation is 1. The van der Waals surface area contributed by atoms with E-state index in [1.165, 1.54) is 24.7 Å². The van der Waals surface area contributed by atoms with Gasteiger partial charge in [0, 0.05) is 11.3 Å². The van der Waals surface area contributed by atoms with Crippen LogP contribution in [0.5, 0.6) is 0 Å². The molecule has 32 heavy (non-hydrogen) atoms. The van der Waals surface area contributed by atoms with Gasteiger partial charge in [0.05, 0.1) is 0 Å². The Kier molecular flexibility index (Phi) is 6.46. The highest BCUT2D eigenvalue weighted by molar-refractivity contribution is 6.07. The molecule has 0 aliphatic rings. The number of rotatable bonds is 8. The van der Waals surface area contributed by atoms with Crippen LogP contribution in [0, 0.1) is 0 Å². The number of nitrogen functional groups attached to an aromatic ring is 1. The zero-order valence-corrected chi connectivity index (χ0v) is 17.9. The standard InChI is InChI=1S/C25H26N6O/c1-2-3-7-17-12-14-19(15-13-17)29-23-22(26)24(28-16-27-23)30-31-25(32)21-11-6-9-18-8-4-5-10-20(18)21/h4-6,8-16H,2-3,7,26H2,1H3,(H,31,32)(H2,27,28,29,30). The molecule has 3 aromatic carbocycles. The summed E-state index contributed by atoms with van der Waals surface area (Å²) in [6.07, 6.45) is 4.80. The first kappa shape index (κ1) is 21.1. The van der Waals surface area contributed by atoms with E-state index < -0.39 is 0 Å². The van der Waals surface area contributed by atoms with Gasteiger partial charge in [0.1, 0.15) is 12.0 Å². The number of fused-ring (bicyclic) bond motifs is 1. The Morgan fingerprint density at radius 3 is 2.50 bits per heavy atom. The SMILES string of the molecule is CCCCc1ccc(Nc2ncnc(NNC(=O)c3cccc4ccccc34)c2N)cc1. The second-order valence-corrected chi connectivity index (χ2v) is 7.52. The van der Waals surface area contributed by atoms with E-state index in [1.54, 1.807) is 6.07 Å². The summed E-state index contributed by atoms with van der Waals surface area (Å²) in [5.41, 5.74) is 14.8. The van der Waals surface area contributed by atoms with Gasteiger partial charge in [0.2, 0.25) is 0 Å². The number of amides is 1. The molecule has 162 valence electrons. The molecule has 0 aliphatic heterocycles. The van der Waals surface area contributed by atoms with Gasteiger partial charge >= 0.3 is 0 Å². The molecule has 1 heterocycles. The van der Waals surface area contributed by atoms with E-state index in [1.807, 2.05) is 48.5 Å². The lowest BCUT2D eigenvalue weighted by Crippen LogP contribution is -2.30. The molecule has 7 nitrogen and oxygen atoms in total. The fourth-order valence-corrected chi connectivity index (χ4v) is 3.47. The molecule has 7 heteroatoms. The molecule has 0 bridgehead atoms. The number of hydrazine groups is 1. The van der Waals surface area contributed by atoms with Crippen LogP contribution in [-0.2, 0) is 6.42 Å². The smallest absolute Gasteiger partial charge is 0.270 e. The van der Waals surface area contributed by atoms with Crippen LogP contribution in [0.4, 0.5) is 23.0 Å². The van der Waals surface area contributed by atoms with E-state index in [-0.39, 0.29) is 5.91 Å². The molecule has 0 saturated heterocycles. The molecular formula is C25H26N6O. The van der Waals surface area contributed by atoms with Crippen molar-refractivity contribution in [2.24, 2.45) is 0 Å². The summed E-state index contributed by atoms with van der Waals surface area (Å²) in [4.78, 5) is 21.1. The fourth-order valence-electron chi connectivity index (χ4n) is 3.47. The summed E-state index contributed by atoms with van der Waals surface area (Å²) in [5, 5.41) is 5.08. The summed E-state index contributed by atoms with van der Waals surface area (Å²) in [5.74, 6) is 0.496. The number of carbonyl (C=O) groups excluding carboxylic acids is 1. The van der Waals surface area contributed by atoms with Crippen molar-refractivity contribution < 1.29 is 4.79 Å². The molecule has 0 fully saturated rings. The summed E-state index contributed by atoms with van der Waals surface area (Å²) in [6, 6.07) is 21.5. The summed E-state index contributed by atoms with van der Waals surface area (Å²) < 4.78 is 0. The van der Waals surface area contributed by atoms with E-state index in [0.717, 1.165) is 22.9 Å². The molecule has 0 spiro atoms. The quantitative estimate of drug-likeness (QED) is 0.294.